The Morgan fingerprint density at radius 2 is 2.29 bits per heavy atom. The Hall–Kier alpha value is -1.00. The second-order valence-electron chi connectivity index (χ2n) is 2.66. The molecule has 4 heteroatoms. The van der Waals surface area contributed by atoms with Crippen LogP contribution >= 0.6 is 0 Å². The van der Waals surface area contributed by atoms with Crippen molar-refractivity contribution in [2.75, 3.05) is 6.54 Å². The van der Waals surface area contributed by atoms with Gasteiger partial charge in [0.05, 0.1) is 0 Å². The second-order valence-corrected chi connectivity index (χ2v) is 4.13. The van der Waals surface area contributed by atoms with Gasteiger partial charge in [0.25, 0.3) is 0 Å². The van der Waals surface area contributed by atoms with Gasteiger partial charge in [0.15, 0.2) is 0 Å². The Morgan fingerprint density at radius 3 is 2.79 bits per heavy atom. The maximum atomic E-state index is 6.54. The van der Waals surface area contributed by atoms with Crippen LogP contribution in [0.4, 0.5) is 0 Å². The van der Waals surface area contributed by atoms with E-state index < -0.39 is 0 Å². The zero-order valence-corrected chi connectivity index (χ0v) is 11.2. The number of allylic oxidation sites excluding steroid dienone is 2. The average Bonchev–Trinajstić information content (AvgIpc) is 2.11. The first kappa shape index (κ1) is 13.0. The summed E-state index contributed by atoms with van der Waals surface area (Å²) in [6, 6.07) is 0. The standard InChI is InChI=1S/C10H12N3.W/c1-9(2)7-10(3)8-13-12-6-5-11-4;/h1,6-7,13H,5H2,2-3H3;/q-1;/b10-7?,12-6-;. The topological polar surface area (TPSA) is 28.8 Å². The van der Waals surface area contributed by atoms with E-state index in [2.05, 4.69) is 15.4 Å². The van der Waals surface area contributed by atoms with Gasteiger partial charge in [-0.15, -0.1) is 0 Å². The monoisotopic (exact) mass is 358 g/mol. The molecule has 0 saturated carbocycles. The molecule has 3 nitrogen and oxygen atoms in total. The first-order valence-corrected chi connectivity index (χ1v) is 5.47. The molecule has 0 fully saturated rings. The van der Waals surface area contributed by atoms with Gasteiger partial charge in [0.2, 0.25) is 0 Å². The number of hydrogen-bond donors (Lipinski definition) is 1. The zero-order chi connectivity index (χ0) is 11.0. The summed E-state index contributed by atoms with van der Waals surface area (Å²) in [6.45, 7) is 16.2. The normalized spacial score (nSPS) is 11.1. The molecule has 0 aliphatic heterocycles. The Morgan fingerprint density at radius 1 is 1.64 bits per heavy atom. The first-order chi connectivity index (χ1) is 6.57. The predicted molar refractivity (Wildman–Crippen MR) is 55.3 cm³/mol. The molecule has 0 aromatic rings. The molecule has 0 radical (unpaired) electrons. The minimum atomic E-state index is 0.306. The van der Waals surface area contributed by atoms with Crippen molar-refractivity contribution in [2.24, 2.45) is 5.10 Å². The van der Waals surface area contributed by atoms with Gasteiger partial charge < -0.3 is 0 Å². The van der Waals surface area contributed by atoms with E-state index in [1.807, 2.05) is 19.9 Å². The van der Waals surface area contributed by atoms with E-state index in [1.165, 1.54) is 19.4 Å². The third kappa shape index (κ3) is 6.51. The van der Waals surface area contributed by atoms with Crippen molar-refractivity contribution in [3.63, 3.8) is 0 Å². The Bertz CT molecular complexity index is 321. The molecule has 0 spiro atoms. The Labute approximate surface area is 95.8 Å². The molecule has 0 bridgehead atoms. The van der Waals surface area contributed by atoms with Crippen LogP contribution in [0.3, 0.4) is 0 Å². The number of hydrogen-bond acceptors (Lipinski definition) is 2. The molecule has 0 saturated heterocycles. The van der Waals surface area contributed by atoms with Crippen LogP contribution < -0.4 is 5.43 Å². The molecule has 1 N–H and O–H groups in total. The van der Waals surface area contributed by atoms with Crippen molar-refractivity contribution in [3.05, 3.63) is 35.2 Å². The second kappa shape index (κ2) is 7.41. The summed E-state index contributed by atoms with van der Waals surface area (Å²) in [7, 11) is 0. The fourth-order valence-corrected chi connectivity index (χ4v) is 1.08. The van der Waals surface area contributed by atoms with Crippen molar-refractivity contribution in [3.8, 4) is 0 Å². The van der Waals surface area contributed by atoms with Gasteiger partial charge in [0, 0.05) is 0 Å². The van der Waals surface area contributed by atoms with Crippen LogP contribution in [0.2, 0.25) is 0 Å². The molecule has 0 amide bonds. The van der Waals surface area contributed by atoms with Crippen LogP contribution in [0.15, 0.2) is 22.3 Å². The van der Waals surface area contributed by atoms with Crippen LogP contribution in [0.5, 0.6) is 0 Å². The molecular weight excluding hydrogens is 346 g/mol. The van der Waals surface area contributed by atoms with Crippen molar-refractivity contribution in [2.45, 2.75) is 13.8 Å². The average molecular weight is 358 g/mol. The number of nitrogens with zero attached hydrogens (tertiary/aromatic N) is 2. The van der Waals surface area contributed by atoms with Gasteiger partial charge in [-0.2, -0.15) is 0 Å². The molecule has 0 aromatic heterocycles. The number of hydrazone groups is 1. The number of rotatable bonds is 5. The predicted octanol–water partition coefficient (Wildman–Crippen LogP) is 1.48. The summed E-state index contributed by atoms with van der Waals surface area (Å²) < 4.78 is 1.01. The van der Waals surface area contributed by atoms with Crippen LogP contribution in [-0.2, 0) is 19.4 Å². The van der Waals surface area contributed by atoms with Crippen LogP contribution in [0, 0.1) is 13.2 Å². The van der Waals surface area contributed by atoms with Crippen molar-refractivity contribution < 1.29 is 19.4 Å². The SMILES string of the molecule is [C-]#[N+]C/C=N\N[C](=[W])C(C)=CC(=[CH-])C. The van der Waals surface area contributed by atoms with Gasteiger partial charge in [0.1, 0.15) is 0 Å². The molecule has 0 aliphatic carbocycles. The molecule has 0 unspecified atom stereocenters. The van der Waals surface area contributed by atoms with Crippen molar-refractivity contribution in [1.29, 1.82) is 0 Å². The van der Waals surface area contributed by atoms with E-state index in [0.29, 0.717) is 6.54 Å². The molecule has 0 aliphatic rings. The van der Waals surface area contributed by atoms with Gasteiger partial charge in [-0.3, -0.25) is 0 Å². The fourth-order valence-electron chi connectivity index (χ4n) is 0.681. The van der Waals surface area contributed by atoms with E-state index in [-0.39, 0.29) is 0 Å². The molecule has 0 aromatic carbocycles. The Balaban J connectivity index is 4.10. The van der Waals surface area contributed by atoms with Gasteiger partial charge in [-0.05, 0) is 0 Å². The van der Waals surface area contributed by atoms with Gasteiger partial charge in [-0.1, -0.05) is 0 Å². The van der Waals surface area contributed by atoms with E-state index in [0.717, 1.165) is 15.2 Å². The zero-order valence-electron chi connectivity index (χ0n) is 8.24. The summed E-state index contributed by atoms with van der Waals surface area (Å²) in [5, 5.41) is 3.89. The molecule has 74 valence electrons. The van der Waals surface area contributed by atoms with Crippen LogP contribution in [0.25, 0.3) is 4.85 Å². The van der Waals surface area contributed by atoms with Gasteiger partial charge >= 0.3 is 95.7 Å². The van der Waals surface area contributed by atoms with E-state index in [9.17, 15) is 0 Å². The fraction of sp³-hybridized carbons (Fsp3) is 0.300. The van der Waals surface area contributed by atoms with Crippen LogP contribution in [0.1, 0.15) is 13.8 Å². The van der Waals surface area contributed by atoms with Crippen LogP contribution in [-0.4, -0.2) is 16.8 Å². The summed E-state index contributed by atoms with van der Waals surface area (Å²) in [6.07, 6.45) is 3.43. The van der Waals surface area contributed by atoms with Crippen molar-refractivity contribution in [1.82, 2.24) is 5.43 Å². The molecular formula is C10H12N3W-. The number of nitrogens with one attached hydrogen (secondary N) is 1. The summed E-state index contributed by atoms with van der Waals surface area (Å²) in [5.74, 6) is 0. The Kier molecular flexibility index (Phi) is 6.88. The summed E-state index contributed by atoms with van der Waals surface area (Å²) >= 11 is 1.29. The molecule has 14 heavy (non-hydrogen) atoms. The molecule has 0 heterocycles. The quantitative estimate of drug-likeness (QED) is 0.343. The van der Waals surface area contributed by atoms with Crippen molar-refractivity contribution >= 4 is 10.2 Å². The maximum absolute atomic E-state index is 6.54. The third-order valence-corrected chi connectivity index (χ3v) is 2.72. The van der Waals surface area contributed by atoms with E-state index >= 15 is 0 Å². The third-order valence-electron chi connectivity index (χ3n) is 1.23. The molecule has 0 atom stereocenters. The van der Waals surface area contributed by atoms with Gasteiger partial charge in [-0.25, -0.2) is 0 Å². The van der Waals surface area contributed by atoms with E-state index in [1.54, 1.807) is 6.21 Å². The minimum absolute atomic E-state index is 0.306. The first-order valence-electron chi connectivity index (χ1n) is 4.00. The summed E-state index contributed by atoms with van der Waals surface area (Å²) in [5.41, 5.74) is 4.71. The molecule has 0 rings (SSSR count). The summed E-state index contributed by atoms with van der Waals surface area (Å²) in [4.78, 5) is 3.15. The van der Waals surface area contributed by atoms with E-state index in [4.69, 9.17) is 13.2 Å².